The van der Waals surface area contributed by atoms with E-state index in [2.05, 4.69) is 26.9 Å². The number of benzene rings is 4. The average molecular weight is 980 g/mol. The summed E-state index contributed by atoms with van der Waals surface area (Å²) in [4.78, 5) is 54.4. The smallest absolute Gasteiger partial charge is 0.329 e. The number of fused-ring (bicyclic) bond motifs is 2. The summed E-state index contributed by atoms with van der Waals surface area (Å²) >= 11 is 6.69. The summed E-state index contributed by atoms with van der Waals surface area (Å²) in [5, 5.41) is 14.6. The largest absolute Gasteiger partial charge is 0.494 e. The molecule has 3 aliphatic heterocycles. The van der Waals surface area contributed by atoms with Crippen LogP contribution in [0.25, 0.3) is 22.0 Å². The molecule has 70 heavy (non-hydrogen) atoms. The number of aromatic nitrogens is 2. The maximum absolute atomic E-state index is 16.2. The summed E-state index contributed by atoms with van der Waals surface area (Å²) in [5.74, 6) is -2.14. The second-order valence-corrected chi connectivity index (χ2v) is 19.7. The van der Waals surface area contributed by atoms with Crippen molar-refractivity contribution in [3.63, 3.8) is 0 Å². The summed E-state index contributed by atoms with van der Waals surface area (Å²) in [6.07, 6.45) is 8.39. The number of halogens is 3. The average Bonchev–Trinajstić information content (AvgIpc) is 3.85. The van der Waals surface area contributed by atoms with Crippen molar-refractivity contribution < 1.29 is 37.4 Å². The maximum atomic E-state index is 16.2. The molecule has 370 valence electrons. The summed E-state index contributed by atoms with van der Waals surface area (Å²) in [6, 6.07) is 19.3. The number of para-hydroxylation sites is 1. The quantitative estimate of drug-likeness (QED) is 0.0713. The number of hydrogen-bond donors (Lipinski definition) is 4. The number of primary amides is 1. The third-order valence-corrected chi connectivity index (χ3v) is 15.6. The van der Waals surface area contributed by atoms with Crippen LogP contribution in [0.5, 0.6) is 11.5 Å². The second kappa shape index (κ2) is 20.7. The topological polar surface area (TPSA) is 173 Å². The van der Waals surface area contributed by atoms with Crippen molar-refractivity contribution in [3.8, 4) is 22.6 Å². The summed E-state index contributed by atoms with van der Waals surface area (Å²) in [7, 11) is 3.21. The van der Waals surface area contributed by atoms with Crippen LogP contribution in [0.3, 0.4) is 0 Å². The molecular formula is C53H61ClF2N8O6. The first kappa shape index (κ1) is 48.9. The van der Waals surface area contributed by atoms with Crippen LogP contribution in [-0.2, 0) is 28.7 Å². The molecule has 1 aliphatic carbocycles. The number of anilines is 1. The molecule has 4 heterocycles. The van der Waals surface area contributed by atoms with Crippen molar-refractivity contribution >= 4 is 52.1 Å². The Morgan fingerprint density at radius 1 is 0.986 bits per heavy atom. The van der Waals surface area contributed by atoms with Gasteiger partial charge in [0.2, 0.25) is 17.7 Å². The van der Waals surface area contributed by atoms with E-state index >= 15 is 8.78 Å². The number of methoxy groups -OCH3 is 1. The van der Waals surface area contributed by atoms with Crippen molar-refractivity contribution in [1.82, 2.24) is 30.6 Å². The number of carbonyl (C=O) groups is 4. The van der Waals surface area contributed by atoms with Crippen molar-refractivity contribution in [2.75, 3.05) is 51.3 Å². The SMILES string of the molecule is COc1ccc(C(N)=O)c(-c2c(Cl)c(F)cc3c2C(C)C(CNC2CCC(C(=O)NCCCN4CCC(CCc5cccc6c(N7CCC(=O)NC7=O)nn(C)c56)CC4)CC2)(c2ccccc2)O3)c1F. The van der Waals surface area contributed by atoms with E-state index < -0.39 is 35.1 Å². The Labute approximate surface area is 411 Å². The third-order valence-electron chi connectivity index (χ3n) is 15.2. The van der Waals surface area contributed by atoms with E-state index in [4.69, 9.17) is 31.9 Å². The van der Waals surface area contributed by atoms with Gasteiger partial charge in [-0.2, -0.15) is 5.10 Å². The molecule has 9 rings (SSSR count). The monoisotopic (exact) mass is 978 g/mol. The standard InChI is InChI=1S/C53H61ClF2N8O6/c1-31-43-41(29-39(55)46(54)45(43)44-37(49(57)66)19-20-40(69-3)47(44)56)70-53(31,35-10-5-4-6-11-35)30-59-36-17-15-34(16-18-36)51(67)58-24-8-25-63-26-21-32(22-27-63)13-14-33-9-7-12-38-48(33)62(2)61-50(38)64-28-23-42(65)60-52(64)68/h4-7,9-12,19-20,29,31-32,34,36,59H,8,13-18,21-28,30H2,1-3H3,(H2,57,66)(H,58,67)(H,60,65,68). The summed E-state index contributed by atoms with van der Waals surface area (Å²) in [6.45, 7) is 6.19. The molecule has 14 nitrogen and oxygen atoms in total. The minimum atomic E-state index is -1.07. The Hall–Kier alpha value is -6.10. The van der Waals surface area contributed by atoms with Gasteiger partial charge in [0.25, 0.3) is 0 Å². The molecule has 5 N–H and O–H groups in total. The van der Waals surface area contributed by atoms with Gasteiger partial charge in [0, 0.05) is 79.1 Å². The van der Waals surface area contributed by atoms with Crippen LogP contribution in [0.2, 0.25) is 5.02 Å². The van der Waals surface area contributed by atoms with E-state index in [9.17, 15) is 19.2 Å². The number of nitrogens with one attached hydrogen (secondary N) is 3. The number of carbonyl (C=O) groups excluding carboxylic acids is 4. The van der Waals surface area contributed by atoms with Gasteiger partial charge in [-0.25, -0.2) is 13.6 Å². The molecule has 5 amide bonds. The molecule has 2 saturated heterocycles. The molecule has 2 atom stereocenters. The van der Waals surface area contributed by atoms with Crippen molar-refractivity contribution in [2.45, 2.75) is 88.7 Å². The number of imide groups is 1. The van der Waals surface area contributed by atoms with Gasteiger partial charge in [0.05, 0.1) is 23.2 Å². The molecule has 0 bridgehead atoms. The van der Waals surface area contributed by atoms with E-state index in [1.54, 1.807) is 4.90 Å². The lowest BCUT2D eigenvalue weighted by molar-refractivity contribution is -0.126. The molecule has 4 aliphatic rings. The minimum Gasteiger partial charge on any atom is -0.494 e. The number of likely N-dealkylation sites (tertiary alicyclic amines) is 1. The number of piperidine rings is 1. The molecule has 17 heteroatoms. The van der Waals surface area contributed by atoms with Crippen LogP contribution < -0.4 is 36.1 Å². The Morgan fingerprint density at radius 2 is 1.74 bits per heavy atom. The Morgan fingerprint density at radius 3 is 2.46 bits per heavy atom. The van der Waals surface area contributed by atoms with Gasteiger partial charge in [-0.1, -0.05) is 61.0 Å². The number of nitrogens with zero attached hydrogens (tertiary/aromatic N) is 4. The fourth-order valence-electron chi connectivity index (χ4n) is 11.3. The number of urea groups is 1. The highest BCUT2D eigenvalue weighted by atomic mass is 35.5. The van der Waals surface area contributed by atoms with Crippen LogP contribution in [-0.4, -0.2) is 90.9 Å². The first-order valence-electron chi connectivity index (χ1n) is 24.5. The third kappa shape index (κ3) is 9.57. The number of aryl methyl sites for hydroxylation is 2. The van der Waals surface area contributed by atoms with E-state index in [0.717, 1.165) is 93.9 Å². The van der Waals surface area contributed by atoms with E-state index in [1.165, 1.54) is 30.9 Å². The number of rotatable bonds is 16. The van der Waals surface area contributed by atoms with Gasteiger partial charge in [-0.15, -0.1) is 0 Å². The Bertz CT molecular complexity index is 2790. The van der Waals surface area contributed by atoms with Crippen LogP contribution in [0.4, 0.5) is 19.4 Å². The van der Waals surface area contributed by atoms with Gasteiger partial charge in [0.15, 0.2) is 23.0 Å². The lowest BCUT2D eigenvalue weighted by Crippen LogP contribution is -2.49. The lowest BCUT2D eigenvalue weighted by atomic mass is 9.77. The Balaban J connectivity index is 0.747. The highest BCUT2D eigenvalue weighted by Gasteiger charge is 2.50. The molecule has 2 unspecified atom stereocenters. The second-order valence-electron chi connectivity index (χ2n) is 19.3. The fraction of sp³-hybridized carbons (Fsp3) is 0.453. The van der Waals surface area contributed by atoms with Gasteiger partial charge in [-0.05, 0) is 113 Å². The molecule has 5 aromatic rings. The van der Waals surface area contributed by atoms with E-state index in [-0.39, 0.29) is 63.4 Å². The first-order valence-corrected chi connectivity index (χ1v) is 24.9. The first-order chi connectivity index (χ1) is 33.8. The van der Waals surface area contributed by atoms with Crippen LogP contribution in [0.15, 0.2) is 66.7 Å². The predicted octanol–water partition coefficient (Wildman–Crippen LogP) is 8.12. The summed E-state index contributed by atoms with van der Waals surface area (Å²) in [5.41, 5.74) is 7.76. The van der Waals surface area contributed by atoms with Gasteiger partial charge < -0.3 is 30.7 Å². The number of ether oxygens (including phenoxy) is 2. The molecule has 0 radical (unpaired) electrons. The molecule has 3 fully saturated rings. The zero-order chi connectivity index (χ0) is 49.3. The van der Waals surface area contributed by atoms with Crippen molar-refractivity contribution in [1.29, 1.82) is 0 Å². The number of nitrogens with two attached hydrogens (primary N) is 1. The normalized spacial score (nSPS) is 21.9. The molecule has 1 aromatic heterocycles. The van der Waals surface area contributed by atoms with E-state index in [1.807, 2.05) is 61.1 Å². The fourth-order valence-corrected chi connectivity index (χ4v) is 11.6. The summed E-state index contributed by atoms with van der Waals surface area (Å²) < 4.78 is 45.8. The van der Waals surface area contributed by atoms with Crippen molar-refractivity contribution in [3.05, 3.63) is 106 Å². The van der Waals surface area contributed by atoms with Crippen LogP contribution >= 0.6 is 11.6 Å². The zero-order valence-corrected chi connectivity index (χ0v) is 40.7. The van der Waals surface area contributed by atoms with Gasteiger partial charge in [0.1, 0.15) is 11.6 Å². The van der Waals surface area contributed by atoms with E-state index in [0.29, 0.717) is 36.9 Å². The molecule has 0 spiro atoms. The number of hydrogen-bond acceptors (Lipinski definition) is 9. The highest BCUT2D eigenvalue weighted by molar-refractivity contribution is 6.34. The zero-order valence-electron chi connectivity index (χ0n) is 39.9. The van der Waals surface area contributed by atoms with Gasteiger partial charge >= 0.3 is 6.03 Å². The van der Waals surface area contributed by atoms with Crippen LogP contribution in [0.1, 0.15) is 97.7 Å². The highest BCUT2D eigenvalue weighted by Crippen LogP contribution is 2.56. The predicted molar refractivity (Wildman–Crippen MR) is 264 cm³/mol. The number of amides is 5. The minimum absolute atomic E-state index is 0.00404. The van der Waals surface area contributed by atoms with Crippen LogP contribution in [0, 0.1) is 23.5 Å². The molecular weight excluding hydrogens is 918 g/mol. The van der Waals surface area contributed by atoms with Gasteiger partial charge in [-0.3, -0.25) is 29.3 Å². The lowest BCUT2D eigenvalue weighted by Gasteiger charge is -2.37. The Kier molecular flexibility index (Phi) is 14.5. The molecule has 4 aromatic carbocycles. The molecule has 1 saturated carbocycles. The maximum Gasteiger partial charge on any atom is 0.329 e. The van der Waals surface area contributed by atoms with Crippen molar-refractivity contribution in [2.24, 2.45) is 24.6 Å².